The van der Waals surface area contributed by atoms with Gasteiger partial charge in [-0.15, -0.1) is 0 Å². The Morgan fingerprint density at radius 1 is 1.62 bits per heavy atom. The number of hydrogen-bond donors (Lipinski definition) is 0. The van der Waals surface area contributed by atoms with Gasteiger partial charge >= 0.3 is 57.7 Å². The quantitative estimate of drug-likeness (QED) is 0.615. The number of nitrogens with zero attached hydrogens (tertiary/aromatic N) is 1. The van der Waals surface area contributed by atoms with E-state index in [-0.39, 0.29) is 0 Å². The van der Waals surface area contributed by atoms with Gasteiger partial charge in [-0.2, -0.15) is 0 Å². The molecule has 40 valence electrons. The van der Waals surface area contributed by atoms with Crippen molar-refractivity contribution in [2.75, 3.05) is 0 Å². The van der Waals surface area contributed by atoms with E-state index in [1.807, 2.05) is 0 Å². The molecule has 0 unspecified atom stereocenters. The zero-order valence-electron chi connectivity index (χ0n) is 4.13. The maximum atomic E-state index is 11.9. The van der Waals surface area contributed by atoms with Gasteiger partial charge in [0.1, 0.15) is 0 Å². The van der Waals surface area contributed by atoms with Crippen molar-refractivity contribution < 1.29 is 2.87 Å². The predicted molar refractivity (Wildman–Crippen MR) is 30.7 cm³/mol. The Balaban J connectivity index is 2.83. The summed E-state index contributed by atoms with van der Waals surface area (Å²) in [7, 11) is 0. The van der Waals surface area contributed by atoms with Crippen LogP contribution in [0.4, 0.5) is 2.87 Å². The van der Waals surface area contributed by atoms with Crippen molar-refractivity contribution in [2.24, 2.45) is 0 Å². The third kappa shape index (κ3) is 1.43. The molecule has 0 aliphatic rings. The Labute approximate surface area is 57.9 Å². The van der Waals surface area contributed by atoms with Crippen molar-refractivity contribution in [1.82, 2.24) is 4.98 Å². The topological polar surface area (TPSA) is 12.9 Å². The van der Waals surface area contributed by atoms with Gasteiger partial charge in [0.2, 0.25) is 0 Å². The number of hydrogen-bond acceptors (Lipinski definition) is 1. The van der Waals surface area contributed by atoms with E-state index in [1.54, 1.807) is 24.5 Å². The molecule has 1 aromatic rings. The third-order valence-electron chi connectivity index (χ3n) is 0.771. The predicted octanol–water partition coefficient (Wildman–Crippen LogP) is 0.296. The molecule has 0 N–H and O–H groups in total. The number of halogens is 1. The second kappa shape index (κ2) is 3.02. The second-order valence-corrected chi connectivity index (χ2v) is 3.52. The molecule has 2 radical (unpaired) electrons. The number of rotatable bonds is 1. The zero-order valence-corrected chi connectivity index (χ0v) is 6.99. The Morgan fingerprint density at radius 3 is 2.88 bits per heavy atom. The first-order chi connectivity index (χ1) is 3.93. The van der Waals surface area contributed by atoms with Crippen LogP contribution in [0.2, 0.25) is 0 Å². The van der Waals surface area contributed by atoms with E-state index in [2.05, 4.69) is 4.98 Å². The summed E-state index contributed by atoms with van der Waals surface area (Å²) in [5.41, 5.74) is 0. The molecule has 0 aliphatic carbocycles. The molecule has 0 saturated heterocycles. The van der Waals surface area contributed by atoms with Crippen LogP contribution in [0.15, 0.2) is 24.5 Å². The zero-order chi connectivity index (χ0) is 5.82. The van der Waals surface area contributed by atoms with Crippen molar-refractivity contribution in [2.45, 2.75) is 0 Å². The molecule has 0 amide bonds. The molecule has 0 aromatic carbocycles. The van der Waals surface area contributed by atoms with Crippen molar-refractivity contribution >= 4 is 25.3 Å². The first-order valence-corrected chi connectivity index (χ1v) is 4.71. The maximum absolute atomic E-state index is 11.9. The van der Waals surface area contributed by atoms with Crippen LogP contribution in [0, 0.1) is 0 Å². The Morgan fingerprint density at radius 2 is 2.50 bits per heavy atom. The standard InChI is InChI=1S/C5H4N.FH.Sn/c1-2-4-6-5-3-1;;/h1-2,4-5H;1H;/q;;+1/p-1. The van der Waals surface area contributed by atoms with Crippen LogP contribution in [-0.2, 0) is 0 Å². The Hall–Kier alpha value is -0.121. The first-order valence-electron chi connectivity index (χ1n) is 2.20. The number of pyridine rings is 1. The van der Waals surface area contributed by atoms with E-state index < -0.39 is 21.7 Å². The summed E-state index contributed by atoms with van der Waals surface area (Å²) in [5.74, 6) is 0. The molecule has 1 aromatic heterocycles. The molecule has 1 rings (SSSR count). The molecule has 0 saturated carbocycles. The van der Waals surface area contributed by atoms with Gasteiger partial charge in [0, 0.05) is 0 Å². The van der Waals surface area contributed by atoms with Gasteiger partial charge in [0.05, 0.1) is 0 Å². The van der Waals surface area contributed by atoms with Crippen LogP contribution >= 0.6 is 0 Å². The van der Waals surface area contributed by atoms with Gasteiger partial charge in [-0.1, -0.05) is 0 Å². The van der Waals surface area contributed by atoms with Crippen molar-refractivity contribution in [3.8, 4) is 0 Å². The minimum absolute atomic E-state index is 0.802. The summed E-state index contributed by atoms with van der Waals surface area (Å²) in [6.45, 7) is 0. The summed E-state index contributed by atoms with van der Waals surface area (Å²) in [6.07, 6.45) is 3.24. The van der Waals surface area contributed by atoms with Crippen LogP contribution in [-0.4, -0.2) is 26.7 Å². The fourth-order valence-electron chi connectivity index (χ4n) is 0.419. The minimum atomic E-state index is -1.71. The summed E-state index contributed by atoms with van der Waals surface area (Å²) < 4.78 is 12.7. The van der Waals surface area contributed by atoms with Gasteiger partial charge < -0.3 is 0 Å². The molecule has 1 nitrogen and oxygen atoms in total. The van der Waals surface area contributed by atoms with Gasteiger partial charge in [-0.25, -0.2) is 0 Å². The van der Waals surface area contributed by atoms with Crippen molar-refractivity contribution in [3.05, 3.63) is 24.5 Å². The monoisotopic (exact) mass is 217 g/mol. The SMILES string of the molecule is [F][Sn][c]1cccnc1. The van der Waals surface area contributed by atoms with Crippen LogP contribution in [0.3, 0.4) is 0 Å². The summed E-state index contributed by atoms with van der Waals surface area (Å²) in [4.78, 5) is 3.76. The van der Waals surface area contributed by atoms with Gasteiger partial charge in [-0.3, -0.25) is 0 Å². The molecule has 0 spiro atoms. The Bertz CT molecular complexity index is 154. The fraction of sp³-hybridized carbons (Fsp3) is 0. The van der Waals surface area contributed by atoms with Crippen LogP contribution < -0.4 is 3.58 Å². The van der Waals surface area contributed by atoms with Crippen molar-refractivity contribution in [1.29, 1.82) is 0 Å². The fourth-order valence-corrected chi connectivity index (χ4v) is 1.23. The van der Waals surface area contributed by atoms with E-state index in [9.17, 15) is 2.87 Å². The molecular weight excluding hydrogens is 212 g/mol. The Kier molecular flexibility index (Phi) is 2.26. The molecule has 8 heavy (non-hydrogen) atoms. The molecule has 1 heterocycles. The molecule has 3 heteroatoms. The number of aromatic nitrogens is 1. The molecule has 0 bridgehead atoms. The molecule has 0 fully saturated rings. The van der Waals surface area contributed by atoms with Gasteiger partial charge in [0.25, 0.3) is 0 Å². The van der Waals surface area contributed by atoms with Gasteiger partial charge in [0.15, 0.2) is 0 Å². The molecular formula is C5H4FNSn. The third-order valence-corrected chi connectivity index (χ3v) is 2.24. The summed E-state index contributed by atoms with van der Waals surface area (Å²) in [6, 6.07) is 3.54. The van der Waals surface area contributed by atoms with E-state index in [4.69, 9.17) is 0 Å². The van der Waals surface area contributed by atoms with Crippen LogP contribution in [0.5, 0.6) is 0 Å². The normalized spacial score (nSPS) is 9.12. The van der Waals surface area contributed by atoms with E-state index in [1.165, 1.54) is 0 Å². The molecule has 0 atom stereocenters. The van der Waals surface area contributed by atoms with E-state index in [0.29, 0.717) is 0 Å². The second-order valence-electron chi connectivity index (χ2n) is 1.34. The van der Waals surface area contributed by atoms with Crippen molar-refractivity contribution in [3.63, 3.8) is 0 Å². The van der Waals surface area contributed by atoms with E-state index >= 15 is 0 Å². The average Bonchev–Trinajstić information content (AvgIpc) is 1.90. The molecule has 0 aliphatic heterocycles. The summed E-state index contributed by atoms with van der Waals surface area (Å²) in [5, 5.41) is 0. The average molecular weight is 216 g/mol. The van der Waals surface area contributed by atoms with Gasteiger partial charge in [-0.05, 0) is 0 Å². The van der Waals surface area contributed by atoms with Crippen LogP contribution in [0.1, 0.15) is 0 Å². The van der Waals surface area contributed by atoms with Crippen LogP contribution in [0.25, 0.3) is 0 Å². The summed E-state index contributed by atoms with van der Waals surface area (Å²) >= 11 is -1.71. The first kappa shape index (κ1) is 6.01. The van der Waals surface area contributed by atoms with E-state index in [0.717, 1.165) is 3.58 Å².